The van der Waals surface area contributed by atoms with Gasteiger partial charge in [-0.15, -0.1) is 5.10 Å². The summed E-state index contributed by atoms with van der Waals surface area (Å²) in [7, 11) is 0. The first-order chi connectivity index (χ1) is 15.5. The summed E-state index contributed by atoms with van der Waals surface area (Å²) in [6, 6.07) is 26.2. The lowest BCUT2D eigenvalue weighted by Gasteiger charge is -2.13. The molecule has 4 aromatic rings. The van der Waals surface area contributed by atoms with Crippen molar-refractivity contribution in [1.29, 1.82) is 0 Å². The van der Waals surface area contributed by atoms with Crippen LogP contribution in [0.3, 0.4) is 0 Å². The SMILES string of the molecule is Cc1ccccc1NC(=O)C(C)OC(=O)c1nc(-c2ccccc2)n(-c2ccccc2)n1. The molecule has 7 heteroatoms. The Morgan fingerprint density at radius 1 is 0.906 bits per heavy atom. The van der Waals surface area contributed by atoms with Crippen molar-refractivity contribution in [2.45, 2.75) is 20.0 Å². The fourth-order valence-corrected chi connectivity index (χ4v) is 3.14. The van der Waals surface area contributed by atoms with Crippen LogP contribution in [0.2, 0.25) is 0 Å². The van der Waals surface area contributed by atoms with Crippen molar-refractivity contribution in [3.05, 3.63) is 96.3 Å². The molecule has 0 aliphatic rings. The summed E-state index contributed by atoms with van der Waals surface area (Å²) in [4.78, 5) is 29.7. The first kappa shape index (κ1) is 21.0. The van der Waals surface area contributed by atoms with Crippen LogP contribution < -0.4 is 5.32 Å². The first-order valence-electron chi connectivity index (χ1n) is 10.2. The molecule has 0 radical (unpaired) electrons. The molecule has 0 bridgehead atoms. The summed E-state index contributed by atoms with van der Waals surface area (Å²) in [5.74, 6) is -0.827. The summed E-state index contributed by atoms with van der Waals surface area (Å²) < 4.78 is 6.95. The molecule has 0 saturated heterocycles. The maximum absolute atomic E-state index is 12.8. The average molecular weight is 426 g/mol. The highest BCUT2D eigenvalue weighted by Gasteiger charge is 2.24. The zero-order chi connectivity index (χ0) is 22.5. The van der Waals surface area contributed by atoms with Crippen LogP contribution >= 0.6 is 0 Å². The van der Waals surface area contributed by atoms with Gasteiger partial charge in [0.25, 0.3) is 11.7 Å². The molecule has 1 aromatic heterocycles. The van der Waals surface area contributed by atoms with Crippen LogP contribution in [0.25, 0.3) is 17.1 Å². The van der Waals surface area contributed by atoms with Crippen LogP contribution in [0, 0.1) is 6.92 Å². The van der Waals surface area contributed by atoms with E-state index in [0.717, 1.165) is 16.8 Å². The van der Waals surface area contributed by atoms with Gasteiger partial charge in [0, 0.05) is 11.3 Å². The molecule has 160 valence electrons. The van der Waals surface area contributed by atoms with Crippen molar-refractivity contribution in [3.63, 3.8) is 0 Å². The Morgan fingerprint density at radius 2 is 1.53 bits per heavy atom. The van der Waals surface area contributed by atoms with Gasteiger partial charge in [-0.2, -0.15) is 0 Å². The standard InChI is InChI=1S/C25H22N4O3/c1-17-11-9-10-16-21(17)26-24(30)18(2)32-25(31)22-27-23(19-12-5-3-6-13-19)29(28-22)20-14-7-4-8-15-20/h3-16,18H,1-2H3,(H,26,30). The molecule has 1 N–H and O–H groups in total. The molecule has 1 amide bonds. The van der Waals surface area contributed by atoms with E-state index >= 15 is 0 Å². The smallest absolute Gasteiger partial charge is 0.379 e. The Bertz CT molecular complexity index is 1180. The van der Waals surface area contributed by atoms with Crippen molar-refractivity contribution >= 4 is 17.6 Å². The van der Waals surface area contributed by atoms with E-state index in [4.69, 9.17) is 4.74 Å². The second kappa shape index (κ2) is 9.26. The Balaban J connectivity index is 1.56. The van der Waals surface area contributed by atoms with E-state index < -0.39 is 18.0 Å². The lowest BCUT2D eigenvalue weighted by Crippen LogP contribution is -2.30. The molecule has 1 atom stereocenters. The molecule has 0 saturated carbocycles. The fourth-order valence-electron chi connectivity index (χ4n) is 3.14. The molecular weight excluding hydrogens is 404 g/mol. The lowest BCUT2D eigenvalue weighted by atomic mass is 10.2. The molecule has 7 nitrogen and oxygen atoms in total. The van der Waals surface area contributed by atoms with E-state index in [9.17, 15) is 9.59 Å². The number of hydrogen-bond acceptors (Lipinski definition) is 5. The molecule has 0 fully saturated rings. The number of aryl methyl sites for hydroxylation is 1. The van der Waals surface area contributed by atoms with Gasteiger partial charge in [0.1, 0.15) is 0 Å². The number of amides is 1. The van der Waals surface area contributed by atoms with Gasteiger partial charge in [-0.3, -0.25) is 4.79 Å². The highest BCUT2D eigenvalue weighted by Crippen LogP contribution is 2.21. The third-order valence-electron chi connectivity index (χ3n) is 4.88. The second-order valence-electron chi connectivity index (χ2n) is 7.22. The number of para-hydroxylation sites is 2. The number of rotatable bonds is 6. The maximum Gasteiger partial charge on any atom is 0.379 e. The average Bonchev–Trinajstić information content (AvgIpc) is 3.27. The molecule has 3 aromatic carbocycles. The van der Waals surface area contributed by atoms with Crippen molar-refractivity contribution in [3.8, 4) is 17.1 Å². The van der Waals surface area contributed by atoms with Crippen molar-refractivity contribution < 1.29 is 14.3 Å². The number of nitrogens with zero attached hydrogens (tertiary/aromatic N) is 3. The molecule has 0 aliphatic heterocycles. The number of nitrogens with one attached hydrogen (secondary N) is 1. The van der Waals surface area contributed by atoms with Gasteiger partial charge in [-0.25, -0.2) is 14.5 Å². The van der Waals surface area contributed by atoms with Crippen LogP contribution in [0.1, 0.15) is 23.1 Å². The number of benzene rings is 3. The number of ether oxygens (including phenoxy) is 1. The molecule has 1 heterocycles. The van der Waals surface area contributed by atoms with Gasteiger partial charge in [-0.05, 0) is 37.6 Å². The van der Waals surface area contributed by atoms with Gasteiger partial charge in [0.2, 0.25) is 0 Å². The molecule has 32 heavy (non-hydrogen) atoms. The zero-order valence-electron chi connectivity index (χ0n) is 17.7. The van der Waals surface area contributed by atoms with E-state index in [0.29, 0.717) is 11.5 Å². The molecular formula is C25H22N4O3. The fraction of sp³-hybridized carbons (Fsp3) is 0.120. The lowest BCUT2D eigenvalue weighted by molar-refractivity contribution is -0.123. The zero-order valence-corrected chi connectivity index (χ0v) is 17.7. The Hall–Kier alpha value is -4.26. The quantitative estimate of drug-likeness (QED) is 0.461. The molecule has 0 spiro atoms. The number of esters is 1. The molecule has 0 aliphatic carbocycles. The number of hydrogen-bond donors (Lipinski definition) is 1. The summed E-state index contributed by atoms with van der Waals surface area (Å²) in [5.41, 5.74) is 3.13. The highest BCUT2D eigenvalue weighted by molar-refractivity contribution is 5.97. The first-order valence-corrected chi connectivity index (χ1v) is 10.2. The Morgan fingerprint density at radius 3 is 2.22 bits per heavy atom. The predicted molar refractivity (Wildman–Crippen MR) is 121 cm³/mol. The number of carbonyl (C=O) groups is 2. The van der Waals surface area contributed by atoms with Crippen LogP contribution in [0.5, 0.6) is 0 Å². The Labute approximate surface area is 185 Å². The minimum Gasteiger partial charge on any atom is -0.447 e. The summed E-state index contributed by atoms with van der Waals surface area (Å²) in [5, 5.41) is 7.14. The van der Waals surface area contributed by atoms with Gasteiger partial charge < -0.3 is 10.1 Å². The van der Waals surface area contributed by atoms with Crippen molar-refractivity contribution in [1.82, 2.24) is 14.8 Å². The van der Waals surface area contributed by atoms with Gasteiger partial charge in [-0.1, -0.05) is 66.7 Å². The van der Waals surface area contributed by atoms with E-state index in [1.165, 1.54) is 6.92 Å². The van der Waals surface area contributed by atoms with Gasteiger partial charge >= 0.3 is 5.97 Å². The molecule has 1 unspecified atom stereocenters. The predicted octanol–water partition coefficient (Wildman–Crippen LogP) is 4.43. The van der Waals surface area contributed by atoms with E-state index in [2.05, 4.69) is 15.4 Å². The topological polar surface area (TPSA) is 86.1 Å². The van der Waals surface area contributed by atoms with Gasteiger partial charge in [0.15, 0.2) is 11.9 Å². The van der Waals surface area contributed by atoms with Crippen molar-refractivity contribution in [2.75, 3.05) is 5.32 Å². The van der Waals surface area contributed by atoms with Crippen LogP contribution in [0.4, 0.5) is 5.69 Å². The highest BCUT2D eigenvalue weighted by atomic mass is 16.5. The Kier molecular flexibility index (Phi) is 6.07. The third kappa shape index (κ3) is 4.57. The van der Waals surface area contributed by atoms with Gasteiger partial charge in [0.05, 0.1) is 5.69 Å². The van der Waals surface area contributed by atoms with Crippen LogP contribution in [0.15, 0.2) is 84.9 Å². The summed E-state index contributed by atoms with van der Waals surface area (Å²) in [6.07, 6.45) is -1.02. The number of anilines is 1. The van der Waals surface area contributed by atoms with Crippen LogP contribution in [-0.4, -0.2) is 32.7 Å². The van der Waals surface area contributed by atoms with E-state index in [-0.39, 0.29) is 5.82 Å². The number of aromatic nitrogens is 3. The minimum atomic E-state index is -1.02. The minimum absolute atomic E-state index is 0.122. The largest absolute Gasteiger partial charge is 0.447 e. The van der Waals surface area contributed by atoms with E-state index in [1.54, 1.807) is 10.7 Å². The third-order valence-corrected chi connectivity index (χ3v) is 4.88. The van der Waals surface area contributed by atoms with Crippen LogP contribution in [-0.2, 0) is 9.53 Å². The molecule has 4 rings (SSSR count). The maximum atomic E-state index is 12.8. The summed E-state index contributed by atoms with van der Waals surface area (Å²) in [6.45, 7) is 3.40. The summed E-state index contributed by atoms with van der Waals surface area (Å²) >= 11 is 0. The normalized spacial score (nSPS) is 11.6. The van der Waals surface area contributed by atoms with Crippen molar-refractivity contribution in [2.24, 2.45) is 0 Å². The second-order valence-corrected chi connectivity index (χ2v) is 7.22. The number of carbonyl (C=O) groups excluding carboxylic acids is 2. The monoisotopic (exact) mass is 426 g/mol. The van der Waals surface area contributed by atoms with E-state index in [1.807, 2.05) is 85.8 Å².